The summed E-state index contributed by atoms with van der Waals surface area (Å²) in [5.41, 5.74) is 0. The van der Waals surface area contributed by atoms with Gasteiger partial charge in [0.25, 0.3) is 5.92 Å². The molecule has 0 aromatic carbocycles. The van der Waals surface area contributed by atoms with E-state index in [1.807, 2.05) is 0 Å². The molecule has 0 spiro atoms. The van der Waals surface area contributed by atoms with Gasteiger partial charge in [-0.2, -0.15) is 13.2 Å². The fourth-order valence-electron chi connectivity index (χ4n) is 0.721. The van der Waals surface area contributed by atoms with Crippen LogP contribution >= 0.6 is 0 Å². The summed E-state index contributed by atoms with van der Waals surface area (Å²) in [7, 11) is 0. The SMILES string of the molecule is C=COC(C(F)C(F)(F)F)C(C)(F)F. The minimum Gasteiger partial charge on any atom is -0.489 e. The minimum atomic E-state index is -5.38. The van der Waals surface area contributed by atoms with Gasteiger partial charge < -0.3 is 4.74 Å². The maximum atomic E-state index is 12.5. The molecule has 0 aliphatic carbocycles. The average molecular weight is 222 g/mol. The second kappa shape index (κ2) is 4.10. The van der Waals surface area contributed by atoms with Gasteiger partial charge in [0.15, 0.2) is 0 Å². The van der Waals surface area contributed by atoms with Gasteiger partial charge in [-0.25, -0.2) is 13.2 Å². The number of halogens is 6. The lowest BCUT2D eigenvalue weighted by molar-refractivity contribution is -0.239. The molecule has 2 atom stereocenters. The molecule has 0 amide bonds. The van der Waals surface area contributed by atoms with Gasteiger partial charge in [-0.3, -0.25) is 0 Å². The van der Waals surface area contributed by atoms with E-state index in [9.17, 15) is 26.3 Å². The standard InChI is InChI=1S/C7H8F6O/c1-3-14-5(6(2,9)10)4(8)7(11,12)13/h3-5H,1H2,2H3. The molecular weight excluding hydrogens is 214 g/mol. The summed E-state index contributed by atoms with van der Waals surface area (Å²) in [4.78, 5) is 0. The Kier molecular flexibility index (Phi) is 3.84. The van der Waals surface area contributed by atoms with Gasteiger partial charge in [0, 0.05) is 6.92 Å². The summed E-state index contributed by atoms with van der Waals surface area (Å²) >= 11 is 0. The quantitative estimate of drug-likeness (QED) is 0.524. The number of ether oxygens (including phenoxy) is 1. The molecule has 0 fully saturated rings. The van der Waals surface area contributed by atoms with E-state index in [4.69, 9.17) is 0 Å². The summed E-state index contributed by atoms with van der Waals surface area (Å²) in [6.45, 7) is 2.93. The number of alkyl halides is 6. The lowest BCUT2D eigenvalue weighted by Crippen LogP contribution is -2.46. The van der Waals surface area contributed by atoms with Gasteiger partial charge >= 0.3 is 6.18 Å². The first kappa shape index (κ1) is 13.1. The van der Waals surface area contributed by atoms with Crippen LogP contribution in [0, 0.1) is 0 Å². The second-order valence-electron chi connectivity index (χ2n) is 2.62. The Labute approximate surface area is 76.3 Å². The van der Waals surface area contributed by atoms with Crippen LogP contribution in [-0.2, 0) is 4.74 Å². The largest absolute Gasteiger partial charge is 0.489 e. The van der Waals surface area contributed by atoms with E-state index in [2.05, 4.69) is 11.3 Å². The third-order valence-electron chi connectivity index (χ3n) is 1.32. The zero-order valence-corrected chi connectivity index (χ0v) is 7.12. The molecule has 0 bridgehead atoms. The fraction of sp³-hybridized carbons (Fsp3) is 0.714. The van der Waals surface area contributed by atoms with E-state index in [-0.39, 0.29) is 6.92 Å². The minimum absolute atomic E-state index is 0.138. The van der Waals surface area contributed by atoms with Crippen molar-refractivity contribution >= 4 is 0 Å². The van der Waals surface area contributed by atoms with Crippen LogP contribution in [0.1, 0.15) is 6.92 Å². The first-order chi connectivity index (χ1) is 6.10. The monoisotopic (exact) mass is 222 g/mol. The highest BCUT2D eigenvalue weighted by molar-refractivity contribution is 4.86. The lowest BCUT2D eigenvalue weighted by Gasteiger charge is -2.26. The molecule has 0 saturated carbocycles. The average Bonchev–Trinajstić information content (AvgIpc) is 1.94. The Hall–Kier alpha value is -0.880. The Balaban J connectivity index is 4.75. The van der Waals surface area contributed by atoms with Crippen molar-refractivity contribution in [3.63, 3.8) is 0 Å². The van der Waals surface area contributed by atoms with Crippen molar-refractivity contribution in [1.29, 1.82) is 0 Å². The summed E-state index contributed by atoms with van der Waals surface area (Å²) in [6.07, 6.45) is -11.7. The predicted molar refractivity (Wildman–Crippen MR) is 36.6 cm³/mol. The summed E-state index contributed by atoms with van der Waals surface area (Å²) in [5.74, 6) is -3.94. The highest BCUT2D eigenvalue weighted by Gasteiger charge is 2.54. The van der Waals surface area contributed by atoms with Crippen LogP contribution in [0.5, 0.6) is 0 Å². The number of hydrogen-bond acceptors (Lipinski definition) is 1. The highest BCUT2D eigenvalue weighted by atomic mass is 19.4. The van der Waals surface area contributed by atoms with Crippen LogP contribution in [-0.4, -0.2) is 24.4 Å². The Morgan fingerprint density at radius 1 is 1.21 bits per heavy atom. The predicted octanol–water partition coefficient (Wildman–Crippen LogP) is 3.07. The highest BCUT2D eigenvalue weighted by Crippen LogP contribution is 2.34. The molecular formula is C7H8F6O. The molecule has 0 aromatic rings. The van der Waals surface area contributed by atoms with E-state index in [1.165, 1.54) is 0 Å². The molecule has 0 radical (unpaired) electrons. The molecule has 0 aromatic heterocycles. The fourth-order valence-corrected chi connectivity index (χ4v) is 0.721. The molecule has 0 aliphatic heterocycles. The molecule has 7 heteroatoms. The lowest BCUT2D eigenvalue weighted by atomic mass is 10.1. The van der Waals surface area contributed by atoms with Crippen molar-refractivity contribution < 1.29 is 31.1 Å². The van der Waals surface area contributed by atoms with E-state index in [1.54, 1.807) is 0 Å². The zero-order valence-electron chi connectivity index (χ0n) is 7.12. The van der Waals surface area contributed by atoms with Gasteiger partial charge in [0.05, 0.1) is 6.26 Å². The Morgan fingerprint density at radius 3 is 1.86 bits per heavy atom. The van der Waals surface area contributed by atoms with Crippen molar-refractivity contribution in [3.8, 4) is 0 Å². The van der Waals surface area contributed by atoms with E-state index in [0.29, 0.717) is 6.26 Å². The van der Waals surface area contributed by atoms with Crippen molar-refractivity contribution in [2.75, 3.05) is 0 Å². The molecule has 0 saturated heterocycles. The third kappa shape index (κ3) is 3.47. The normalized spacial score (nSPS) is 17.4. The van der Waals surface area contributed by atoms with Gasteiger partial charge in [0.2, 0.25) is 12.3 Å². The zero-order chi connectivity index (χ0) is 11.6. The summed E-state index contributed by atoms with van der Waals surface area (Å²) in [5, 5.41) is 0. The van der Waals surface area contributed by atoms with Crippen molar-refractivity contribution in [1.82, 2.24) is 0 Å². The van der Waals surface area contributed by atoms with Crippen LogP contribution in [0.25, 0.3) is 0 Å². The van der Waals surface area contributed by atoms with E-state index >= 15 is 0 Å². The van der Waals surface area contributed by atoms with E-state index in [0.717, 1.165) is 0 Å². The van der Waals surface area contributed by atoms with Gasteiger partial charge in [-0.15, -0.1) is 0 Å². The van der Waals surface area contributed by atoms with Crippen LogP contribution in [0.3, 0.4) is 0 Å². The smallest absolute Gasteiger partial charge is 0.423 e. The van der Waals surface area contributed by atoms with Crippen LogP contribution < -0.4 is 0 Å². The van der Waals surface area contributed by atoms with Gasteiger partial charge in [-0.05, 0) is 0 Å². The molecule has 14 heavy (non-hydrogen) atoms. The maximum absolute atomic E-state index is 12.5. The molecule has 0 heterocycles. The molecule has 84 valence electrons. The van der Waals surface area contributed by atoms with Crippen LogP contribution in [0.4, 0.5) is 26.3 Å². The molecule has 0 N–H and O–H groups in total. The number of rotatable bonds is 4. The molecule has 0 aliphatic rings. The van der Waals surface area contributed by atoms with Gasteiger partial charge in [-0.1, -0.05) is 6.58 Å². The maximum Gasteiger partial charge on any atom is 0.423 e. The topological polar surface area (TPSA) is 9.23 Å². The summed E-state index contributed by atoms with van der Waals surface area (Å²) < 4.78 is 76.4. The second-order valence-corrected chi connectivity index (χ2v) is 2.62. The van der Waals surface area contributed by atoms with Crippen molar-refractivity contribution in [2.45, 2.75) is 31.3 Å². The number of hydrogen-bond donors (Lipinski definition) is 0. The molecule has 2 unspecified atom stereocenters. The van der Waals surface area contributed by atoms with E-state index < -0.39 is 24.4 Å². The summed E-state index contributed by atoms with van der Waals surface area (Å²) in [6, 6.07) is 0. The molecule has 1 nitrogen and oxygen atoms in total. The third-order valence-corrected chi connectivity index (χ3v) is 1.32. The molecule has 0 rings (SSSR count). The van der Waals surface area contributed by atoms with Crippen molar-refractivity contribution in [2.24, 2.45) is 0 Å². The van der Waals surface area contributed by atoms with Crippen LogP contribution in [0.15, 0.2) is 12.8 Å². The van der Waals surface area contributed by atoms with Crippen LogP contribution in [0.2, 0.25) is 0 Å². The Bertz CT molecular complexity index is 193. The Morgan fingerprint density at radius 2 is 1.64 bits per heavy atom. The van der Waals surface area contributed by atoms with Crippen molar-refractivity contribution in [3.05, 3.63) is 12.8 Å². The first-order valence-corrected chi connectivity index (χ1v) is 3.45. The first-order valence-electron chi connectivity index (χ1n) is 3.45. The van der Waals surface area contributed by atoms with Gasteiger partial charge in [0.1, 0.15) is 0 Å².